The van der Waals surface area contributed by atoms with Crippen LogP contribution in [0.15, 0.2) is 59.5 Å². The number of sulfonamides is 1. The van der Waals surface area contributed by atoms with Crippen LogP contribution in [0.5, 0.6) is 0 Å². The van der Waals surface area contributed by atoms with Crippen molar-refractivity contribution in [1.29, 1.82) is 0 Å². The van der Waals surface area contributed by atoms with E-state index in [1.807, 2.05) is 52.0 Å². The van der Waals surface area contributed by atoms with E-state index in [4.69, 9.17) is 0 Å². The van der Waals surface area contributed by atoms with Crippen LogP contribution in [0, 0.1) is 20.8 Å². The smallest absolute Gasteiger partial charge is 0.262 e. The molecule has 168 valence electrons. The highest BCUT2D eigenvalue weighted by Gasteiger charge is 2.20. The minimum absolute atomic E-state index is 0.0860. The van der Waals surface area contributed by atoms with Gasteiger partial charge in [-0.1, -0.05) is 44.2 Å². The molecule has 3 aromatic carbocycles. The van der Waals surface area contributed by atoms with Crippen molar-refractivity contribution in [3.63, 3.8) is 0 Å². The molecule has 0 radical (unpaired) electrons. The number of benzene rings is 3. The number of nitrogens with one attached hydrogen (secondary N) is 2. The van der Waals surface area contributed by atoms with E-state index in [0.29, 0.717) is 16.8 Å². The molecular weight excluding hydrogens is 420 g/mol. The SMILES string of the molecule is CCc1cccc(CC)c1NC(=O)c1ccc(C)c(S(=O)(=O)Nc2ccc(C)c(C)c2)c1. The molecule has 6 heteroatoms. The van der Waals surface area contributed by atoms with Gasteiger partial charge in [0.05, 0.1) is 4.90 Å². The summed E-state index contributed by atoms with van der Waals surface area (Å²) in [6.07, 6.45) is 1.58. The number of hydrogen-bond acceptors (Lipinski definition) is 3. The maximum atomic E-state index is 13.1. The molecule has 1 amide bonds. The van der Waals surface area contributed by atoms with Crippen LogP contribution < -0.4 is 10.0 Å². The summed E-state index contributed by atoms with van der Waals surface area (Å²) in [7, 11) is -3.86. The van der Waals surface area contributed by atoms with Gasteiger partial charge in [0, 0.05) is 16.9 Å². The molecule has 0 unspecified atom stereocenters. The Bertz CT molecular complexity index is 1240. The first-order valence-electron chi connectivity index (χ1n) is 10.8. The van der Waals surface area contributed by atoms with Crippen molar-refractivity contribution in [1.82, 2.24) is 0 Å². The number of para-hydroxylation sites is 1. The molecule has 0 aliphatic carbocycles. The van der Waals surface area contributed by atoms with Crippen LogP contribution in [-0.2, 0) is 22.9 Å². The molecule has 2 N–H and O–H groups in total. The van der Waals surface area contributed by atoms with Gasteiger partial charge in [0.15, 0.2) is 0 Å². The van der Waals surface area contributed by atoms with Gasteiger partial charge in [-0.05, 0) is 85.7 Å². The van der Waals surface area contributed by atoms with E-state index in [-0.39, 0.29) is 10.8 Å². The predicted octanol–water partition coefficient (Wildman–Crippen LogP) is 5.79. The van der Waals surface area contributed by atoms with Crippen LogP contribution in [0.4, 0.5) is 11.4 Å². The molecule has 0 saturated carbocycles. The Kier molecular flexibility index (Phi) is 7.04. The second-order valence-corrected chi connectivity index (χ2v) is 9.65. The maximum Gasteiger partial charge on any atom is 0.262 e. The minimum Gasteiger partial charge on any atom is -0.321 e. The van der Waals surface area contributed by atoms with Gasteiger partial charge in [0.1, 0.15) is 0 Å². The van der Waals surface area contributed by atoms with Gasteiger partial charge in [-0.15, -0.1) is 0 Å². The van der Waals surface area contributed by atoms with E-state index in [2.05, 4.69) is 10.0 Å². The van der Waals surface area contributed by atoms with E-state index in [9.17, 15) is 13.2 Å². The number of carbonyl (C=O) groups excluding carboxylic acids is 1. The third kappa shape index (κ3) is 5.02. The highest BCUT2D eigenvalue weighted by atomic mass is 32.2. The summed E-state index contributed by atoms with van der Waals surface area (Å²) < 4.78 is 28.9. The highest BCUT2D eigenvalue weighted by Crippen LogP contribution is 2.25. The van der Waals surface area contributed by atoms with Crippen molar-refractivity contribution < 1.29 is 13.2 Å². The van der Waals surface area contributed by atoms with Gasteiger partial charge in [-0.3, -0.25) is 9.52 Å². The molecule has 0 saturated heterocycles. The number of hydrogen-bond donors (Lipinski definition) is 2. The summed E-state index contributed by atoms with van der Waals surface area (Å²) in [4.78, 5) is 13.1. The number of amides is 1. The Balaban J connectivity index is 1.93. The summed E-state index contributed by atoms with van der Waals surface area (Å²) in [5.41, 5.74) is 6.35. The third-order valence-electron chi connectivity index (χ3n) is 5.74. The molecular formula is C26H30N2O3S. The number of aryl methyl sites for hydroxylation is 5. The van der Waals surface area contributed by atoms with Gasteiger partial charge in [-0.25, -0.2) is 8.42 Å². The lowest BCUT2D eigenvalue weighted by Gasteiger charge is -2.16. The second-order valence-electron chi connectivity index (χ2n) is 8.00. The third-order valence-corrected chi connectivity index (χ3v) is 7.26. The molecule has 3 aromatic rings. The zero-order chi connectivity index (χ0) is 23.5. The summed E-state index contributed by atoms with van der Waals surface area (Å²) in [6.45, 7) is 9.71. The molecule has 0 aromatic heterocycles. The molecule has 0 atom stereocenters. The summed E-state index contributed by atoms with van der Waals surface area (Å²) in [6, 6.07) is 16.1. The van der Waals surface area contributed by atoms with Gasteiger partial charge >= 0.3 is 0 Å². The summed E-state index contributed by atoms with van der Waals surface area (Å²) in [5, 5.41) is 3.00. The predicted molar refractivity (Wildman–Crippen MR) is 131 cm³/mol. The first kappa shape index (κ1) is 23.5. The quantitative estimate of drug-likeness (QED) is 0.478. The number of anilines is 2. The molecule has 0 heterocycles. The molecule has 0 fully saturated rings. The van der Waals surface area contributed by atoms with E-state index < -0.39 is 10.0 Å². The van der Waals surface area contributed by atoms with Crippen LogP contribution in [0.3, 0.4) is 0 Å². The van der Waals surface area contributed by atoms with Crippen molar-refractivity contribution >= 4 is 27.3 Å². The Morgan fingerprint density at radius 1 is 0.812 bits per heavy atom. The molecule has 32 heavy (non-hydrogen) atoms. The summed E-state index contributed by atoms with van der Waals surface area (Å²) >= 11 is 0. The van der Waals surface area contributed by atoms with Gasteiger partial charge in [0.25, 0.3) is 15.9 Å². The van der Waals surface area contributed by atoms with E-state index in [1.165, 1.54) is 6.07 Å². The largest absolute Gasteiger partial charge is 0.321 e. The highest BCUT2D eigenvalue weighted by molar-refractivity contribution is 7.92. The Labute approximate surface area is 190 Å². The topological polar surface area (TPSA) is 75.3 Å². The van der Waals surface area contributed by atoms with Gasteiger partial charge in [-0.2, -0.15) is 0 Å². The van der Waals surface area contributed by atoms with E-state index in [0.717, 1.165) is 40.8 Å². The van der Waals surface area contributed by atoms with Crippen molar-refractivity contribution in [2.75, 3.05) is 10.0 Å². The average Bonchev–Trinajstić information content (AvgIpc) is 2.76. The lowest BCUT2D eigenvalue weighted by Crippen LogP contribution is -2.18. The number of carbonyl (C=O) groups is 1. The maximum absolute atomic E-state index is 13.1. The lowest BCUT2D eigenvalue weighted by molar-refractivity contribution is 0.102. The van der Waals surface area contributed by atoms with E-state index in [1.54, 1.807) is 31.2 Å². The van der Waals surface area contributed by atoms with Crippen molar-refractivity contribution in [3.8, 4) is 0 Å². The van der Waals surface area contributed by atoms with Crippen molar-refractivity contribution in [2.24, 2.45) is 0 Å². The number of rotatable bonds is 7. The molecule has 0 bridgehead atoms. The monoisotopic (exact) mass is 450 g/mol. The Morgan fingerprint density at radius 3 is 2.03 bits per heavy atom. The van der Waals surface area contributed by atoms with E-state index >= 15 is 0 Å². The second kappa shape index (κ2) is 9.57. The minimum atomic E-state index is -3.86. The van der Waals surface area contributed by atoms with Crippen LogP contribution in [-0.4, -0.2) is 14.3 Å². The standard InChI is InChI=1S/C26H30N2O3S/c1-6-20-9-8-10-21(7-2)25(20)27-26(29)22-13-11-18(4)24(16-22)32(30,31)28-23-14-12-17(3)19(5)15-23/h8-16,28H,6-7H2,1-5H3,(H,27,29). The Morgan fingerprint density at radius 2 is 1.44 bits per heavy atom. The molecule has 5 nitrogen and oxygen atoms in total. The van der Waals surface area contributed by atoms with Crippen LogP contribution in [0.2, 0.25) is 0 Å². The molecule has 0 aliphatic rings. The molecule has 0 aliphatic heterocycles. The van der Waals surface area contributed by atoms with Crippen molar-refractivity contribution in [3.05, 3.63) is 88.0 Å². The fraction of sp³-hybridized carbons (Fsp3) is 0.269. The van der Waals surface area contributed by atoms with Gasteiger partial charge < -0.3 is 5.32 Å². The molecule has 0 spiro atoms. The normalized spacial score (nSPS) is 11.3. The molecule has 3 rings (SSSR count). The lowest BCUT2D eigenvalue weighted by atomic mass is 10.0. The zero-order valence-electron chi connectivity index (χ0n) is 19.2. The fourth-order valence-corrected chi connectivity index (χ4v) is 4.96. The van der Waals surface area contributed by atoms with Crippen LogP contribution in [0.1, 0.15) is 52.0 Å². The fourth-order valence-electron chi connectivity index (χ4n) is 3.63. The average molecular weight is 451 g/mol. The first-order valence-corrected chi connectivity index (χ1v) is 12.3. The first-order chi connectivity index (χ1) is 15.2. The van der Waals surface area contributed by atoms with Crippen LogP contribution in [0.25, 0.3) is 0 Å². The van der Waals surface area contributed by atoms with Crippen molar-refractivity contribution in [2.45, 2.75) is 52.4 Å². The van der Waals surface area contributed by atoms with Crippen LogP contribution >= 0.6 is 0 Å². The summed E-state index contributed by atoms with van der Waals surface area (Å²) in [5.74, 6) is -0.330. The zero-order valence-corrected chi connectivity index (χ0v) is 20.1. The van der Waals surface area contributed by atoms with Gasteiger partial charge in [0.2, 0.25) is 0 Å². The Hall–Kier alpha value is -3.12.